The molecule has 0 aliphatic carbocycles. The number of nitrogens with two attached hydrogens (primary N) is 1. The van der Waals surface area contributed by atoms with Gasteiger partial charge in [0.1, 0.15) is 16.9 Å². The Labute approximate surface area is 89.1 Å². The second kappa shape index (κ2) is 3.30. The van der Waals surface area contributed by atoms with Gasteiger partial charge >= 0.3 is 5.69 Å². The number of fused-ring (bicyclic) bond motifs is 1. The van der Waals surface area contributed by atoms with Crippen molar-refractivity contribution in [2.45, 2.75) is 6.92 Å². The van der Waals surface area contributed by atoms with Gasteiger partial charge in [-0.25, -0.2) is 4.98 Å². The third-order valence-corrected chi connectivity index (χ3v) is 2.23. The number of benzene rings is 1. The number of nitro benzene ring substituents is 1. The van der Waals surface area contributed by atoms with Crippen molar-refractivity contribution in [2.24, 2.45) is 0 Å². The van der Waals surface area contributed by atoms with Crippen LogP contribution in [-0.2, 0) is 0 Å². The van der Waals surface area contributed by atoms with E-state index in [0.29, 0.717) is 5.52 Å². The normalized spacial score (nSPS) is 10.6. The number of nitrogens with one attached hydrogen (secondary N) is 1. The Hall–Kier alpha value is -2.44. The van der Waals surface area contributed by atoms with E-state index in [1.54, 1.807) is 0 Å². The number of hydrogen-bond donors (Lipinski definition) is 2. The summed E-state index contributed by atoms with van der Waals surface area (Å²) in [5.41, 5.74) is 5.37. The van der Waals surface area contributed by atoms with Crippen LogP contribution in [0.3, 0.4) is 0 Å². The van der Waals surface area contributed by atoms with Crippen molar-refractivity contribution in [3.05, 3.63) is 38.3 Å². The minimum Gasteiger partial charge on any atom is -0.393 e. The van der Waals surface area contributed by atoms with E-state index in [1.165, 1.54) is 19.1 Å². The predicted molar refractivity (Wildman–Crippen MR) is 58.2 cm³/mol. The van der Waals surface area contributed by atoms with Crippen LogP contribution in [0.1, 0.15) is 5.69 Å². The smallest absolute Gasteiger partial charge is 0.317 e. The zero-order valence-corrected chi connectivity index (χ0v) is 8.35. The van der Waals surface area contributed by atoms with Crippen molar-refractivity contribution >= 4 is 22.4 Å². The highest BCUT2D eigenvalue weighted by Gasteiger charge is 2.18. The fourth-order valence-corrected chi connectivity index (χ4v) is 1.45. The minimum atomic E-state index is -0.634. The maximum Gasteiger partial charge on any atom is 0.317 e. The van der Waals surface area contributed by atoms with Crippen LogP contribution >= 0.6 is 0 Å². The lowest BCUT2D eigenvalue weighted by molar-refractivity contribution is -0.382. The van der Waals surface area contributed by atoms with Gasteiger partial charge in [0.15, 0.2) is 0 Å². The predicted octanol–water partition coefficient (Wildman–Crippen LogP) is 0.722. The molecule has 0 radical (unpaired) electrons. The number of nitrogen functional groups attached to an aromatic ring is 1. The molecular formula is C9H8N4O3. The summed E-state index contributed by atoms with van der Waals surface area (Å²) >= 11 is 0. The van der Waals surface area contributed by atoms with Crippen molar-refractivity contribution in [2.75, 3.05) is 5.73 Å². The van der Waals surface area contributed by atoms with Gasteiger partial charge in [0.05, 0.1) is 10.4 Å². The summed E-state index contributed by atoms with van der Waals surface area (Å²) in [6, 6.07) is 2.92. The molecule has 0 aliphatic heterocycles. The molecule has 0 fully saturated rings. The molecule has 3 N–H and O–H groups in total. The van der Waals surface area contributed by atoms with Crippen molar-refractivity contribution in [1.82, 2.24) is 9.97 Å². The number of nitrogens with zero attached hydrogens (tertiary/aromatic N) is 2. The largest absolute Gasteiger partial charge is 0.393 e. The van der Waals surface area contributed by atoms with E-state index < -0.39 is 10.5 Å². The van der Waals surface area contributed by atoms with Crippen LogP contribution in [0.5, 0.6) is 0 Å². The number of nitro groups is 1. The lowest BCUT2D eigenvalue weighted by Gasteiger charge is -2.02. The van der Waals surface area contributed by atoms with Gasteiger partial charge in [-0.15, -0.1) is 0 Å². The summed E-state index contributed by atoms with van der Waals surface area (Å²) < 4.78 is 0. The highest BCUT2D eigenvalue weighted by molar-refractivity contribution is 5.90. The summed E-state index contributed by atoms with van der Waals surface area (Å²) in [6.45, 7) is 1.53. The number of aryl methyl sites for hydroxylation is 1. The molecular weight excluding hydrogens is 212 g/mol. The topological polar surface area (TPSA) is 115 Å². The first-order valence-electron chi connectivity index (χ1n) is 4.44. The van der Waals surface area contributed by atoms with Gasteiger partial charge in [0.2, 0.25) is 0 Å². The maximum atomic E-state index is 11.3. The summed E-state index contributed by atoms with van der Waals surface area (Å²) in [6.07, 6.45) is 0. The third-order valence-electron chi connectivity index (χ3n) is 2.23. The molecule has 2 aromatic rings. The summed E-state index contributed by atoms with van der Waals surface area (Å²) in [7, 11) is 0. The molecule has 0 bridgehead atoms. The number of aromatic amines is 1. The van der Waals surface area contributed by atoms with E-state index in [1.807, 2.05) is 0 Å². The fraction of sp³-hybridized carbons (Fsp3) is 0.111. The summed E-state index contributed by atoms with van der Waals surface area (Å²) in [4.78, 5) is 27.9. The average Bonchev–Trinajstić information content (AvgIpc) is 2.20. The Kier molecular flexibility index (Phi) is 2.08. The monoisotopic (exact) mass is 220 g/mol. The molecule has 82 valence electrons. The lowest BCUT2D eigenvalue weighted by atomic mass is 10.2. The molecule has 0 aliphatic rings. The number of rotatable bonds is 1. The molecule has 0 spiro atoms. The number of anilines is 1. The standard InChI is InChI=1S/C9H8N4O3/c1-4-9(14)12-7-6(11-4)3-2-5(10)8(7)13(15)16/h2-3H,10H2,1H3,(H,12,14). The molecule has 0 atom stereocenters. The quantitative estimate of drug-likeness (QED) is 0.417. The lowest BCUT2D eigenvalue weighted by Crippen LogP contribution is -2.12. The molecule has 0 saturated carbocycles. The fourth-order valence-electron chi connectivity index (χ4n) is 1.45. The zero-order chi connectivity index (χ0) is 11.9. The van der Waals surface area contributed by atoms with Crippen LogP contribution < -0.4 is 11.3 Å². The average molecular weight is 220 g/mol. The van der Waals surface area contributed by atoms with Crippen molar-refractivity contribution in [1.29, 1.82) is 0 Å². The Bertz CT molecular complexity index is 647. The van der Waals surface area contributed by atoms with Crippen molar-refractivity contribution in [3.63, 3.8) is 0 Å². The summed E-state index contributed by atoms with van der Waals surface area (Å²) in [5, 5.41) is 10.8. The van der Waals surface area contributed by atoms with Crippen molar-refractivity contribution < 1.29 is 4.92 Å². The van der Waals surface area contributed by atoms with E-state index in [-0.39, 0.29) is 22.6 Å². The van der Waals surface area contributed by atoms with Crippen LogP contribution in [0.25, 0.3) is 11.0 Å². The molecule has 1 aromatic heterocycles. The molecule has 16 heavy (non-hydrogen) atoms. The molecule has 7 heteroatoms. The Morgan fingerprint density at radius 1 is 1.50 bits per heavy atom. The molecule has 1 heterocycles. The van der Waals surface area contributed by atoms with Gasteiger partial charge in [-0.2, -0.15) is 0 Å². The van der Waals surface area contributed by atoms with Gasteiger partial charge in [-0.3, -0.25) is 14.9 Å². The molecule has 0 saturated heterocycles. The third kappa shape index (κ3) is 1.38. The Morgan fingerprint density at radius 3 is 2.81 bits per heavy atom. The van der Waals surface area contributed by atoms with Crippen LogP contribution in [0.15, 0.2) is 16.9 Å². The van der Waals surface area contributed by atoms with Crippen LogP contribution in [0.2, 0.25) is 0 Å². The highest BCUT2D eigenvalue weighted by atomic mass is 16.6. The second-order valence-electron chi connectivity index (χ2n) is 3.31. The SMILES string of the molecule is Cc1nc2ccc(N)c([N+](=O)[O-])c2[nH]c1=O. The first kappa shape index (κ1) is 10.1. The number of aromatic nitrogens is 2. The molecule has 0 amide bonds. The van der Waals surface area contributed by atoms with E-state index >= 15 is 0 Å². The van der Waals surface area contributed by atoms with E-state index in [2.05, 4.69) is 9.97 Å². The molecule has 7 nitrogen and oxygen atoms in total. The highest BCUT2D eigenvalue weighted by Crippen LogP contribution is 2.27. The van der Waals surface area contributed by atoms with Gasteiger partial charge < -0.3 is 10.7 Å². The van der Waals surface area contributed by atoms with Gasteiger partial charge in [0.25, 0.3) is 5.56 Å². The van der Waals surface area contributed by atoms with E-state index in [0.717, 1.165) is 0 Å². The number of hydrogen-bond acceptors (Lipinski definition) is 5. The maximum absolute atomic E-state index is 11.3. The minimum absolute atomic E-state index is 0.00111. The Balaban J connectivity index is 2.98. The second-order valence-corrected chi connectivity index (χ2v) is 3.31. The summed E-state index contributed by atoms with van der Waals surface area (Å²) in [5.74, 6) is 0. The van der Waals surface area contributed by atoms with Crippen LogP contribution in [-0.4, -0.2) is 14.9 Å². The van der Waals surface area contributed by atoms with Gasteiger partial charge in [-0.1, -0.05) is 0 Å². The Morgan fingerprint density at radius 2 is 2.19 bits per heavy atom. The molecule has 2 rings (SSSR count). The van der Waals surface area contributed by atoms with Crippen LogP contribution in [0.4, 0.5) is 11.4 Å². The first-order chi connectivity index (χ1) is 7.50. The van der Waals surface area contributed by atoms with E-state index in [9.17, 15) is 14.9 Å². The van der Waals surface area contributed by atoms with Crippen LogP contribution in [0, 0.1) is 17.0 Å². The van der Waals surface area contributed by atoms with Crippen molar-refractivity contribution in [3.8, 4) is 0 Å². The van der Waals surface area contributed by atoms with E-state index in [4.69, 9.17) is 5.73 Å². The van der Waals surface area contributed by atoms with Gasteiger partial charge in [-0.05, 0) is 19.1 Å². The first-order valence-corrected chi connectivity index (χ1v) is 4.44. The molecule has 1 aromatic carbocycles. The zero-order valence-electron chi connectivity index (χ0n) is 8.35. The molecule has 0 unspecified atom stereocenters. The number of H-pyrrole nitrogens is 1. The van der Waals surface area contributed by atoms with Gasteiger partial charge in [0, 0.05) is 0 Å².